The average Bonchev–Trinajstić information content (AvgIpc) is 3.45. The van der Waals surface area contributed by atoms with Crippen molar-refractivity contribution in [3.63, 3.8) is 0 Å². The van der Waals surface area contributed by atoms with E-state index in [1.807, 2.05) is 29.6 Å². The number of hydrogen-bond acceptors (Lipinski definition) is 6. The summed E-state index contributed by atoms with van der Waals surface area (Å²) in [6.07, 6.45) is 0.148. The van der Waals surface area contributed by atoms with Gasteiger partial charge in [-0.2, -0.15) is 5.10 Å². The van der Waals surface area contributed by atoms with Gasteiger partial charge in [-0.05, 0) is 29.6 Å². The van der Waals surface area contributed by atoms with E-state index in [0.717, 1.165) is 10.6 Å². The predicted molar refractivity (Wildman–Crippen MR) is 118 cm³/mol. The largest absolute Gasteiger partial charge is 0.497 e. The van der Waals surface area contributed by atoms with Crippen LogP contribution in [0.2, 0.25) is 0 Å². The number of carbonyl (C=O) groups excluding carboxylic acids is 2. The van der Waals surface area contributed by atoms with E-state index in [1.165, 1.54) is 10.7 Å². The number of rotatable bonds is 7. The van der Waals surface area contributed by atoms with Gasteiger partial charge in [-0.25, -0.2) is 4.68 Å². The minimum Gasteiger partial charge on any atom is -0.497 e. The summed E-state index contributed by atoms with van der Waals surface area (Å²) in [5.74, 6) is -0.0992. The standard InChI is InChI=1S/C22H22N4O4S/c1-30-17-5-2-4-16(13-17)25-14-15(12-21(25)28)22(29)23-9-10-26-20(27)8-7-18(24-26)19-6-3-11-31-19/h2-8,11,13,15H,9-10,12,14H2,1H3,(H,23,29). The summed E-state index contributed by atoms with van der Waals surface area (Å²) in [6, 6.07) is 14.2. The Hall–Kier alpha value is -3.46. The molecule has 9 heteroatoms. The molecule has 1 aliphatic rings. The van der Waals surface area contributed by atoms with E-state index < -0.39 is 5.92 Å². The molecule has 1 unspecified atom stereocenters. The van der Waals surface area contributed by atoms with Gasteiger partial charge in [0.25, 0.3) is 5.56 Å². The molecule has 1 N–H and O–H groups in total. The number of thiophene rings is 1. The van der Waals surface area contributed by atoms with Crippen LogP contribution < -0.4 is 20.5 Å². The number of benzene rings is 1. The normalized spacial score (nSPS) is 15.8. The van der Waals surface area contributed by atoms with Crippen molar-refractivity contribution in [2.24, 2.45) is 5.92 Å². The number of methoxy groups -OCH3 is 1. The molecule has 0 spiro atoms. The number of nitrogens with one attached hydrogen (secondary N) is 1. The molecule has 8 nitrogen and oxygen atoms in total. The Kier molecular flexibility index (Phi) is 6.13. The van der Waals surface area contributed by atoms with Gasteiger partial charge in [0.15, 0.2) is 0 Å². The van der Waals surface area contributed by atoms with Crippen molar-refractivity contribution in [2.45, 2.75) is 13.0 Å². The SMILES string of the molecule is COc1cccc(N2CC(C(=O)NCCn3nc(-c4cccs4)ccc3=O)CC2=O)c1. The van der Waals surface area contributed by atoms with E-state index in [-0.39, 0.29) is 36.9 Å². The maximum absolute atomic E-state index is 12.6. The number of hydrogen-bond donors (Lipinski definition) is 1. The van der Waals surface area contributed by atoms with E-state index >= 15 is 0 Å². The summed E-state index contributed by atoms with van der Waals surface area (Å²) < 4.78 is 6.56. The maximum Gasteiger partial charge on any atom is 0.266 e. The van der Waals surface area contributed by atoms with Crippen LogP contribution in [0, 0.1) is 5.92 Å². The molecular formula is C22H22N4O4S. The van der Waals surface area contributed by atoms with Crippen LogP contribution in [0.1, 0.15) is 6.42 Å². The van der Waals surface area contributed by atoms with Gasteiger partial charge < -0.3 is 15.0 Å². The molecule has 2 aromatic heterocycles. The van der Waals surface area contributed by atoms with Crippen LogP contribution in [-0.4, -0.2) is 41.8 Å². The molecule has 1 fully saturated rings. The van der Waals surface area contributed by atoms with Gasteiger partial charge in [-0.3, -0.25) is 14.4 Å². The van der Waals surface area contributed by atoms with Crippen molar-refractivity contribution >= 4 is 28.8 Å². The number of aromatic nitrogens is 2. The lowest BCUT2D eigenvalue weighted by atomic mass is 10.1. The van der Waals surface area contributed by atoms with E-state index in [1.54, 1.807) is 41.5 Å². The second-order valence-electron chi connectivity index (χ2n) is 7.16. The molecule has 3 aromatic rings. The molecule has 0 aliphatic carbocycles. The zero-order valence-electron chi connectivity index (χ0n) is 17.0. The molecule has 2 amide bonds. The van der Waals surface area contributed by atoms with E-state index in [2.05, 4.69) is 10.4 Å². The van der Waals surface area contributed by atoms with Crippen molar-refractivity contribution in [1.29, 1.82) is 0 Å². The molecular weight excluding hydrogens is 416 g/mol. The number of anilines is 1. The second kappa shape index (κ2) is 9.13. The highest BCUT2D eigenvalue weighted by Crippen LogP contribution is 2.28. The van der Waals surface area contributed by atoms with Gasteiger partial charge >= 0.3 is 0 Å². The lowest BCUT2D eigenvalue weighted by Crippen LogP contribution is -2.36. The van der Waals surface area contributed by atoms with Crippen LogP contribution in [0.25, 0.3) is 10.6 Å². The number of nitrogens with zero attached hydrogens (tertiary/aromatic N) is 3. The first kappa shape index (κ1) is 20.8. The molecule has 0 saturated carbocycles. The van der Waals surface area contributed by atoms with Gasteiger partial charge in [0.1, 0.15) is 11.4 Å². The van der Waals surface area contributed by atoms with Gasteiger partial charge in [-0.15, -0.1) is 11.3 Å². The zero-order valence-corrected chi connectivity index (χ0v) is 17.8. The minimum atomic E-state index is -0.444. The molecule has 1 aliphatic heterocycles. The predicted octanol–water partition coefficient (Wildman–Crippen LogP) is 2.15. The monoisotopic (exact) mass is 438 g/mol. The molecule has 1 atom stereocenters. The summed E-state index contributed by atoms with van der Waals surface area (Å²) in [6.45, 7) is 0.817. The van der Waals surface area contributed by atoms with Crippen LogP contribution in [0.15, 0.2) is 58.7 Å². The van der Waals surface area contributed by atoms with Crippen LogP contribution in [0.5, 0.6) is 5.75 Å². The molecule has 1 saturated heterocycles. The Morgan fingerprint density at radius 2 is 2.10 bits per heavy atom. The first-order valence-corrected chi connectivity index (χ1v) is 10.8. The van der Waals surface area contributed by atoms with E-state index in [9.17, 15) is 14.4 Å². The summed E-state index contributed by atoms with van der Waals surface area (Å²) in [4.78, 5) is 39.7. The van der Waals surface area contributed by atoms with Crippen molar-refractivity contribution in [2.75, 3.05) is 25.1 Å². The van der Waals surface area contributed by atoms with Gasteiger partial charge in [0, 0.05) is 37.3 Å². The molecule has 3 heterocycles. The lowest BCUT2D eigenvalue weighted by Gasteiger charge is -2.17. The van der Waals surface area contributed by atoms with E-state index in [0.29, 0.717) is 18.0 Å². The highest BCUT2D eigenvalue weighted by molar-refractivity contribution is 7.13. The van der Waals surface area contributed by atoms with Crippen molar-refractivity contribution in [3.8, 4) is 16.3 Å². The van der Waals surface area contributed by atoms with Crippen LogP contribution in [0.3, 0.4) is 0 Å². The summed E-state index contributed by atoms with van der Waals surface area (Å²) >= 11 is 1.54. The topological polar surface area (TPSA) is 93.5 Å². The summed E-state index contributed by atoms with van der Waals surface area (Å²) in [5, 5.41) is 9.16. The summed E-state index contributed by atoms with van der Waals surface area (Å²) in [7, 11) is 1.57. The van der Waals surface area contributed by atoms with Crippen LogP contribution in [0.4, 0.5) is 5.69 Å². The highest BCUT2D eigenvalue weighted by atomic mass is 32.1. The van der Waals surface area contributed by atoms with Gasteiger partial charge in [-0.1, -0.05) is 12.1 Å². The van der Waals surface area contributed by atoms with Gasteiger partial charge in [0.05, 0.1) is 24.4 Å². The fourth-order valence-corrected chi connectivity index (χ4v) is 4.20. The Morgan fingerprint density at radius 1 is 1.23 bits per heavy atom. The number of amides is 2. The Labute approximate surface area is 183 Å². The molecule has 0 bridgehead atoms. The highest BCUT2D eigenvalue weighted by Gasteiger charge is 2.35. The fourth-order valence-electron chi connectivity index (χ4n) is 3.51. The number of ether oxygens (including phenoxy) is 1. The summed E-state index contributed by atoms with van der Waals surface area (Å²) in [5.41, 5.74) is 1.20. The van der Waals surface area contributed by atoms with Crippen molar-refractivity contribution < 1.29 is 14.3 Å². The fraction of sp³-hybridized carbons (Fsp3) is 0.273. The first-order chi connectivity index (χ1) is 15.0. The van der Waals surface area contributed by atoms with E-state index in [4.69, 9.17) is 4.74 Å². The minimum absolute atomic E-state index is 0.102. The first-order valence-electron chi connectivity index (χ1n) is 9.89. The third-order valence-electron chi connectivity index (χ3n) is 5.12. The third-order valence-corrected chi connectivity index (χ3v) is 6.02. The molecule has 0 radical (unpaired) electrons. The van der Waals surface area contributed by atoms with Crippen molar-refractivity contribution in [1.82, 2.24) is 15.1 Å². The van der Waals surface area contributed by atoms with Crippen molar-refractivity contribution in [3.05, 3.63) is 64.3 Å². The molecule has 31 heavy (non-hydrogen) atoms. The quantitative estimate of drug-likeness (QED) is 0.610. The second-order valence-corrected chi connectivity index (χ2v) is 8.10. The molecule has 4 rings (SSSR count). The molecule has 160 valence electrons. The van der Waals surface area contributed by atoms with Crippen LogP contribution in [-0.2, 0) is 16.1 Å². The van der Waals surface area contributed by atoms with Crippen LogP contribution >= 0.6 is 11.3 Å². The van der Waals surface area contributed by atoms with Gasteiger partial charge in [0.2, 0.25) is 11.8 Å². The molecule has 1 aromatic carbocycles. The smallest absolute Gasteiger partial charge is 0.266 e. The average molecular weight is 439 g/mol. The Morgan fingerprint density at radius 3 is 2.87 bits per heavy atom. The lowest BCUT2D eigenvalue weighted by molar-refractivity contribution is -0.126. The number of carbonyl (C=O) groups is 2. The Balaban J connectivity index is 1.35. The Bertz CT molecular complexity index is 1140. The zero-order chi connectivity index (χ0) is 21.8. The maximum atomic E-state index is 12.6. The third kappa shape index (κ3) is 4.66.